The van der Waals surface area contributed by atoms with Gasteiger partial charge in [0, 0.05) is 13.7 Å². The van der Waals surface area contributed by atoms with E-state index in [2.05, 4.69) is 15.5 Å². The number of methoxy groups -OCH3 is 1. The molecule has 0 aliphatic rings. The van der Waals surface area contributed by atoms with Crippen molar-refractivity contribution in [3.63, 3.8) is 0 Å². The molecule has 2 heterocycles. The summed E-state index contributed by atoms with van der Waals surface area (Å²) in [7, 11) is 1.52. The molecule has 0 aliphatic heterocycles. The lowest BCUT2D eigenvalue weighted by Crippen LogP contribution is -2.18. The summed E-state index contributed by atoms with van der Waals surface area (Å²) in [4.78, 5) is 22.5. The Kier molecular flexibility index (Phi) is 4.28. The number of carbonyl (C=O) groups is 1. The van der Waals surface area contributed by atoms with Crippen LogP contribution < -0.4 is 5.32 Å². The first-order valence-electron chi connectivity index (χ1n) is 6.09. The number of ether oxygens (including phenoxy) is 1. The number of hydrogen-bond donors (Lipinski definition) is 1. The molecule has 0 aliphatic carbocycles. The molecule has 1 N–H and O–H groups in total. The Balaban J connectivity index is 2.23. The zero-order chi connectivity index (χ0) is 15.4. The fourth-order valence-corrected chi connectivity index (χ4v) is 1.80. The van der Waals surface area contributed by atoms with E-state index in [1.54, 1.807) is 13.1 Å². The van der Waals surface area contributed by atoms with E-state index in [0.717, 1.165) is 6.20 Å². The smallest absolute Gasteiger partial charge is 0.320 e. The Morgan fingerprint density at radius 2 is 2.24 bits per heavy atom. The van der Waals surface area contributed by atoms with E-state index < -0.39 is 10.8 Å². The van der Waals surface area contributed by atoms with Gasteiger partial charge in [-0.15, -0.1) is 0 Å². The molecule has 0 spiro atoms. The lowest BCUT2D eigenvalue weighted by molar-refractivity contribution is -0.385. The van der Waals surface area contributed by atoms with Crippen LogP contribution in [0.2, 0.25) is 0 Å². The number of nitrogens with one attached hydrogen (secondary N) is 1. The van der Waals surface area contributed by atoms with Gasteiger partial charge in [-0.3, -0.25) is 19.6 Å². The molecule has 0 fully saturated rings. The third kappa shape index (κ3) is 3.05. The van der Waals surface area contributed by atoms with Crippen LogP contribution in [0.25, 0.3) is 0 Å². The zero-order valence-electron chi connectivity index (χ0n) is 11.5. The van der Waals surface area contributed by atoms with Gasteiger partial charge in [0.05, 0.1) is 23.0 Å². The predicted molar refractivity (Wildman–Crippen MR) is 71.7 cm³/mol. The van der Waals surface area contributed by atoms with Gasteiger partial charge in [0.2, 0.25) is 5.69 Å². The van der Waals surface area contributed by atoms with E-state index in [1.165, 1.54) is 22.7 Å². The lowest BCUT2D eigenvalue weighted by Gasteiger charge is -2.04. The molecule has 0 saturated heterocycles. The van der Waals surface area contributed by atoms with Crippen LogP contribution in [-0.4, -0.2) is 37.5 Å². The summed E-state index contributed by atoms with van der Waals surface area (Å²) < 4.78 is 7.63. The first kappa shape index (κ1) is 14.7. The Morgan fingerprint density at radius 3 is 2.86 bits per heavy atom. The zero-order valence-corrected chi connectivity index (χ0v) is 11.5. The maximum atomic E-state index is 12.2. The molecule has 0 unspecified atom stereocenters. The highest BCUT2D eigenvalue weighted by Crippen LogP contribution is 2.19. The monoisotopic (exact) mass is 294 g/mol. The van der Waals surface area contributed by atoms with Crippen molar-refractivity contribution in [2.24, 2.45) is 0 Å². The number of anilines is 1. The second kappa shape index (κ2) is 6.13. The number of nitro groups is 1. The molecule has 10 nitrogen and oxygen atoms in total. The highest BCUT2D eigenvalue weighted by Gasteiger charge is 2.26. The predicted octanol–water partition coefficient (Wildman–Crippen LogP) is 0.864. The second-order valence-corrected chi connectivity index (χ2v) is 4.09. The minimum atomic E-state index is -0.636. The number of nitrogens with zero attached hydrogens (tertiary/aromatic N) is 5. The quantitative estimate of drug-likeness (QED) is 0.623. The molecule has 112 valence electrons. The van der Waals surface area contributed by atoms with Crippen molar-refractivity contribution in [2.45, 2.75) is 20.2 Å². The topological polar surface area (TPSA) is 117 Å². The van der Waals surface area contributed by atoms with Gasteiger partial charge in [0.25, 0.3) is 5.91 Å². The Hall–Kier alpha value is -2.75. The average Bonchev–Trinajstić information content (AvgIpc) is 3.05. The van der Waals surface area contributed by atoms with Crippen LogP contribution >= 0.6 is 0 Å². The number of hydrogen-bond acceptors (Lipinski definition) is 6. The van der Waals surface area contributed by atoms with Crippen molar-refractivity contribution in [1.29, 1.82) is 0 Å². The number of rotatable bonds is 6. The van der Waals surface area contributed by atoms with E-state index in [1.807, 2.05) is 0 Å². The fourth-order valence-electron chi connectivity index (χ4n) is 1.80. The van der Waals surface area contributed by atoms with Gasteiger partial charge in [-0.25, -0.2) is 4.68 Å². The summed E-state index contributed by atoms with van der Waals surface area (Å²) in [6.45, 7) is 2.33. The second-order valence-electron chi connectivity index (χ2n) is 4.09. The van der Waals surface area contributed by atoms with Gasteiger partial charge < -0.3 is 10.1 Å². The van der Waals surface area contributed by atoms with Gasteiger partial charge in [0.1, 0.15) is 12.9 Å². The molecule has 10 heteroatoms. The Morgan fingerprint density at radius 1 is 1.48 bits per heavy atom. The molecule has 21 heavy (non-hydrogen) atoms. The largest absolute Gasteiger partial charge is 0.362 e. The molecule has 0 aromatic carbocycles. The lowest BCUT2D eigenvalue weighted by atomic mass is 10.3. The molecule has 1 amide bonds. The summed E-state index contributed by atoms with van der Waals surface area (Å²) in [6, 6.07) is 0. The van der Waals surface area contributed by atoms with Crippen LogP contribution in [0.1, 0.15) is 17.4 Å². The number of amides is 1. The van der Waals surface area contributed by atoms with Crippen LogP contribution in [0, 0.1) is 10.1 Å². The number of carbonyl (C=O) groups excluding carboxylic acids is 1. The van der Waals surface area contributed by atoms with Crippen molar-refractivity contribution in [3.8, 4) is 0 Å². The third-order valence-corrected chi connectivity index (χ3v) is 2.68. The first-order chi connectivity index (χ1) is 10.1. The van der Waals surface area contributed by atoms with Gasteiger partial charge in [-0.1, -0.05) is 0 Å². The van der Waals surface area contributed by atoms with Crippen molar-refractivity contribution >= 4 is 17.3 Å². The molecular formula is C11H14N6O4. The first-order valence-corrected chi connectivity index (χ1v) is 6.09. The van der Waals surface area contributed by atoms with Crippen molar-refractivity contribution < 1.29 is 14.5 Å². The van der Waals surface area contributed by atoms with E-state index in [0.29, 0.717) is 12.2 Å². The molecular weight excluding hydrogens is 280 g/mol. The van der Waals surface area contributed by atoms with Crippen molar-refractivity contribution in [1.82, 2.24) is 19.6 Å². The Bertz CT molecular complexity index is 661. The van der Waals surface area contributed by atoms with Crippen LogP contribution in [0.4, 0.5) is 11.4 Å². The molecule has 0 bridgehead atoms. The van der Waals surface area contributed by atoms with E-state index in [-0.39, 0.29) is 18.1 Å². The molecule has 2 rings (SSSR count). The summed E-state index contributed by atoms with van der Waals surface area (Å²) in [5.74, 6) is -0.613. The van der Waals surface area contributed by atoms with Crippen LogP contribution in [0.3, 0.4) is 0 Å². The third-order valence-electron chi connectivity index (χ3n) is 2.68. The number of aromatic nitrogens is 4. The minimum absolute atomic E-state index is 0.0954. The maximum Gasteiger partial charge on any atom is 0.320 e. The maximum absolute atomic E-state index is 12.2. The van der Waals surface area contributed by atoms with Gasteiger partial charge >= 0.3 is 5.69 Å². The van der Waals surface area contributed by atoms with Crippen LogP contribution in [0.15, 0.2) is 18.6 Å². The molecule has 0 saturated carbocycles. The van der Waals surface area contributed by atoms with E-state index in [9.17, 15) is 14.9 Å². The molecule has 0 atom stereocenters. The van der Waals surface area contributed by atoms with E-state index >= 15 is 0 Å². The standard InChI is InChI=1S/C11H14N6O4/c1-3-16-10(9(5-13-16)17(19)20)11(18)14-8-4-12-15(6-8)7-21-2/h4-6H,3,7H2,1-2H3,(H,14,18). The van der Waals surface area contributed by atoms with Crippen molar-refractivity contribution in [2.75, 3.05) is 12.4 Å². The normalized spacial score (nSPS) is 10.6. The average molecular weight is 294 g/mol. The van der Waals surface area contributed by atoms with Gasteiger partial charge in [-0.2, -0.15) is 10.2 Å². The molecule has 2 aromatic heterocycles. The van der Waals surface area contributed by atoms with Crippen LogP contribution in [-0.2, 0) is 18.0 Å². The van der Waals surface area contributed by atoms with Crippen molar-refractivity contribution in [3.05, 3.63) is 34.4 Å². The summed E-state index contributed by atoms with van der Waals surface area (Å²) in [5, 5.41) is 21.3. The highest BCUT2D eigenvalue weighted by atomic mass is 16.6. The fraction of sp³-hybridized carbons (Fsp3) is 0.364. The molecule has 2 aromatic rings. The molecule has 0 radical (unpaired) electrons. The minimum Gasteiger partial charge on any atom is -0.362 e. The van der Waals surface area contributed by atoms with Gasteiger partial charge in [0.15, 0.2) is 0 Å². The number of aryl methyl sites for hydroxylation is 1. The van der Waals surface area contributed by atoms with Gasteiger partial charge in [-0.05, 0) is 6.92 Å². The van der Waals surface area contributed by atoms with E-state index in [4.69, 9.17) is 4.74 Å². The summed E-state index contributed by atoms with van der Waals surface area (Å²) in [5.41, 5.74) is -0.0178. The van der Waals surface area contributed by atoms with Crippen LogP contribution in [0.5, 0.6) is 0 Å². The SMILES string of the molecule is CCn1ncc([N+](=O)[O-])c1C(=O)Nc1cnn(COC)c1. The summed E-state index contributed by atoms with van der Waals surface area (Å²) >= 11 is 0. The Labute approximate surface area is 119 Å². The highest BCUT2D eigenvalue weighted by molar-refractivity contribution is 6.05. The summed E-state index contributed by atoms with van der Waals surface area (Å²) in [6.07, 6.45) is 4.04.